The third kappa shape index (κ3) is 3.94. The summed E-state index contributed by atoms with van der Waals surface area (Å²) in [7, 11) is 0. The Morgan fingerprint density at radius 2 is 2.05 bits per heavy atom. The van der Waals surface area contributed by atoms with Crippen molar-refractivity contribution in [2.45, 2.75) is 13.0 Å². The molecule has 0 aliphatic carbocycles. The molecule has 1 aromatic carbocycles. The predicted octanol–water partition coefficient (Wildman–Crippen LogP) is 2.69. The van der Waals surface area contributed by atoms with Crippen molar-refractivity contribution in [1.29, 1.82) is 0 Å². The SMILES string of the molecule is Cc1ccc(NCC2CNNC2c2cccnc2)cc1.Cl. The Labute approximate surface area is 131 Å². The number of hydrogen-bond acceptors (Lipinski definition) is 4. The van der Waals surface area contributed by atoms with Crippen molar-refractivity contribution in [3.05, 3.63) is 59.9 Å². The first-order chi connectivity index (χ1) is 9.83. The second-order valence-electron chi connectivity index (χ2n) is 5.30. The van der Waals surface area contributed by atoms with Crippen LogP contribution >= 0.6 is 12.4 Å². The highest BCUT2D eigenvalue weighted by atomic mass is 35.5. The molecule has 3 N–H and O–H groups in total. The van der Waals surface area contributed by atoms with Gasteiger partial charge in [-0.3, -0.25) is 10.4 Å². The third-order valence-electron chi connectivity index (χ3n) is 3.76. The molecule has 4 nitrogen and oxygen atoms in total. The molecule has 0 saturated carbocycles. The summed E-state index contributed by atoms with van der Waals surface area (Å²) in [6.07, 6.45) is 3.75. The third-order valence-corrected chi connectivity index (χ3v) is 3.76. The molecule has 112 valence electrons. The molecular formula is C16H21ClN4. The molecule has 0 spiro atoms. The number of halogens is 1. The molecular weight excluding hydrogens is 284 g/mol. The lowest BCUT2D eigenvalue weighted by atomic mass is 9.96. The Bertz CT molecular complexity index is 544. The number of rotatable bonds is 4. The van der Waals surface area contributed by atoms with Crippen molar-refractivity contribution in [3.63, 3.8) is 0 Å². The summed E-state index contributed by atoms with van der Waals surface area (Å²) >= 11 is 0. The number of nitrogens with zero attached hydrogens (tertiary/aromatic N) is 1. The van der Waals surface area contributed by atoms with Crippen LogP contribution in [0.15, 0.2) is 48.8 Å². The molecule has 1 aromatic heterocycles. The fourth-order valence-corrected chi connectivity index (χ4v) is 2.56. The Kier molecular flexibility index (Phi) is 5.56. The van der Waals surface area contributed by atoms with E-state index in [0.29, 0.717) is 12.0 Å². The number of nitrogens with one attached hydrogen (secondary N) is 3. The number of aromatic nitrogens is 1. The van der Waals surface area contributed by atoms with Crippen molar-refractivity contribution >= 4 is 18.1 Å². The van der Waals surface area contributed by atoms with Gasteiger partial charge in [-0.05, 0) is 30.7 Å². The average Bonchev–Trinajstić information content (AvgIpc) is 2.96. The largest absolute Gasteiger partial charge is 0.385 e. The van der Waals surface area contributed by atoms with Crippen molar-refractivity contribution in [1.82, 2.24) is 15.8 Å². The zero-order chi connectivity index (χ0) is 13.8. The smallest absolute Gasteiger partial charge is 0.0535 e. The first-order valence-electron chi connectivity index (χ1n) is 7.02. The second-order valence-corrected chi connectivity index (χ2v) is 5.30. The minimum absolute atomic E-state index is 0. The van der Waals surface area contributed by atoms with Crippen LogP contribution in [0.3, 0.4) is 0 Å². The van der Waals surface area contributed by atoms with Crippen molar-refractivity contribution < 1.29 is 0 Å². The molecule has 1 aliphatic rings. The number of pyridine rings is 1. The molecule has 2 unspecified atom stereocenters. The number of benzene rings is 1. The van der Waals surface area contributed by atoms with Gasteiger partial charge in [-0.1, -0.05) is 23.8 Å². The van der Waals surface area contributed by atoms with Crippen LogP contribution in [0.1, 0.15) is 17.2 Å². The average molecular weight is 305 g/mol. The number of hydrazine groups is 1. The zero-order valence-electron chi connectivity index (χ0n) is 12.0. The van der Waals surface area contributed by atoms with E-state index in [-0.39, 0.29) is 12.4 Å². The van der Waals surface area contributed by atoms with E-state index in [9.17, 15) is 0 Å². The Hall–Kier alpha value is -1.62. The van der Waals surface area contributed by atoms with E-state index in [4.69, 9.17) is 0 Å². The summed E-state index contributed by atoms with van der Waals surface area (Å²) in [6, 6.07) is 12.9. The normalized spacial score (nSPS) is 20.8. The first kappa shape index (κ1) is 15.8. The molecule has 2 atom stereocenters. The van der Waals surface area contributed by atoms with Gasteiger partial charge in [-0.25, -0.2) is 5.43 Å². The molecule has 1 aliphatic heterocycles. The molecule has 1 saturated heterocycles. The van der Waals surface area contributed by atoms with E-state index in [0.717, 1.165) is 13.1 Å². The second kappa shape index (κ2) is 7.41. The maximum absolute atomic E-state index is 4.20. The molecule has 21 heavy (non-hydrogen) atoms. The van der Waals surface area contributed by atoms with Gasteiger partial charge in [0.25, 0.3) is 0 Å². The van der Waals surface area contributed by atoms with E-state index in [2.05, 4.69) is 58.4 Å². The van der Waals surface area contributed by atoms with Gasteiger partial charge in [-0.15, -0.1) is 12.4 Å². The van der Waals surface area contributed by atoms with E-state index in [1.54, 1.807) is 0 Å². The maximum Gasteiger partial charge on any atom is 0.0535 e. The van der Waals surface area contributed by atoms with E-state index in [1.165, 1.54) is 16.8 Å². The van der Waals surface area contributed by atoms with E-state index < -0.39 is 0 Å². The van der Waals surface area contributed by atoms with Crippen LogP contribution in [0.4, 0.5) is 5.69 Å². The topological polar surface area (TPSA) is 49.0 Å². The Morgan fingerprint density at radius 3 is 2.76 bits per heavy atom. The summed E-state index contributed by atoms with van der Waals surface area (Å²) in [4.78, 5) is 4.20. The molecule has 3 rings (SSSR count). The number of anilines is 1. The monoisotopic (exact) mass is 304 g/mol. The maximum atomic E-state index is 4.20. The van der Waals surface area contributed by atoms with E-state index in [1.807, 2.05) is 18.5 Å². The van der Waals surface area contributed by atoms with Gasteiger partial charge in [0.2, 0.25) is 0 Å². The predicted molar refractivity (Wildman–Crippen MR) is 88.5 cm³/mol. The molecule has 2 aromatic rings. The minimum Gasteiger partial charge on any atom is -0.385 e. The summed E-state index contributed by atoms with van der Waals surface area (Å²) in [6.45, 7) is 3.99. The van der Waals surface area contributed by atoms with Gasteiger partial charge >= 0.3 is 0 Å². The van der Waals surface area contributed by atoms with Crippen molar-refractivity contribution in [3.8, 4) is 0 Å². The minimum atomic E-state index is 0. The van der Waals surface area contributed by atoms with Crippen LogP contribution in [0.5, 0.6) is 0 Å². The van der Waals surface area contributed by atoms with Gasteiger partial charge < -0.3 is 5.32 Å². The summed E-state index contributed by atoms with van der Waals surface area (Å²) < 4.78 is 0. The van der Waals surface area contributed by atoms with Gasteiger partial charge in [0.15, 0.2) is 0 Å². The van der Waals surface area contributed by atoms with Crippen LogP contribution in [-0.4, -0.2) is 18.1 Å². The quantitative estimate of drug-likeness (QED) is 0.813. The molecule has 0 radical (unpaired) electrons. The first-order valence-corrected chi connectivity index (χ1v) is 7.02. The molecule has 1 fully saturated rings. The van der Waals surface area contributed by atoms with Crippen LogP contribution < -0.4 is 16.2 Å². The van der Waals surface area contributed by atoms with Gasteiger partial charge in [0.05, 0.1) is 6.04 Å². The Morgan fingerprint density at radius 1 is 1.24 bits per heavy atom. The lowest BCUT2D eigenvalue weighted by Gasteiger charge is -2.19. The van der Waals surface area contributed by atoms with Crippen molar-refractivity contribution in [2.24, 2.45) is 5.92 Å². The van der Waals surface area contributed by atoms with Gasteiger partial charge in [0.1, 0.15) is 0 Å². The molecule has 2 heterocycles. The van der Waals surface area contributed by atoms with Gasteiger partial charge in [0, 0.05) is 37.1 Å². The van der Waals surface area contributed by atoms with E-state index >= 15 is 0 Å². The highest BCUT2D eigenvalue weighted by Crippen LogP contribution is 2.24. The highest BCUT2D eigenvalue weighted by Gasteiger charge is 2.27. The number of hydrogen-bond donors (Lipinski definition) is 3. The lowest BCUT2D eigenvalue weighted by molar-refractivity contribution is 0.491. The summed E-state index contributed by atoms with van der Waals surface area (Å²) in [5.74, 6) is 0.500. The Balaban J connectivity index is 0.00000161. The molecule has 5 heteroatoms. The zero-order valence-corrected chi connectivity index (χ0v) is 12.9. The summed E-state index contributed by atoms with van der Waals surface area (Å²) in [5.41, 5.74) is 10.3. The standard InChI is InChI=1S/C16H20N4.ClH/c1-12-4-6-15(7-5-12)18-10-14-11-19-20-16(14)13-3-2-8-17-9-13;/h2-9,14,16,18-20H,10-11H2,1H3;1H. The van der Waals surface area contributed by atoms with Crippen LogP contribution in [0, 0.1) is 12.8 Å². The number of aryl methyl sites for hydroxylation is 1. The lowest BCUT2D eigenvalue weighted by Crippen LogP contribution is -2.26. The fraction of sp³-hybridized carbons (Fsp3) is 0.312. The van der Waals surface area contributed by atoms with Crippen LogP contribution in [-0.2, 0) is 0 Å². The molecule has 0 amide bonds. The van der Waals surface area contributed by atoms with Crippen molar-refractivity contribution in [2.75, 3.05) is 18.4 Å². The van der Waals surface area contributed by atoms with Crippen LogP contribution in [0.2, 0.25) is 0 Å². The van der Waals surface area contributed by atoms with Gasteiger partial charge in [-0.2, -0.15) is 0 Å². The summed E-state index contributed by atoms with van der Waals surface area (Å²) in [5, 5.41) is 3.51. The van der Waals surface area contributed by atoms with Crippen LogP contribution in [0.25, 0.3) is 0 Å². The fourth-order valence-electron chi connectivity index (χ4n) is 2.56. The highest BCUT2D eigenvalue weighted by molar-refractivity contribution is 5.85. The molecule has 0 bridgehead atoms.